The monoisotopic (exact) mass is 610 g/mol. The van der Waals surface area contributed by atoms with Crippen LogP contribution < -0.4 is 14.4 Å². The molecule has 0 radical (unpaired) electrons. The van der Waals surface area contributed by atoms with E-state index in [1.807, 2.05) is 6.92 Å². The van der Waals surface area contributed by atoms with Gasteiger partial charge in [-0.1, -0.05) is 11.3 Å². The van der Waals surface area contributed by atoms with Gasteiger partial charge < -0.3 is 19.7 Å². The highest BCUT2D eigenvalue weighted by atomic mass is 79.9. The highest BCUT2D eigenvalue weighted by Crippen LogP contribution is 2.47. The maximum absolute atomic E-state index is 13.9. The molecule has 1 saturated heterocycles. The van der Waals surface area contributed by atoms with Gasteiger partial charge in [-0.15, -0.1) is 0 Å². The zero-order chi connectivity index (χ0) is 27.6. The number of aromatic nitrogens is 1. The number of fused-ring (bicyclic) bond motifs is 2. The number of phenols is 1. The summed E-state index contributed by atoms with van der Waals surface area (Å²) in [5, 5.41) is 22.1. The first-order valence-corrected chi connectivity index (χ1v) is 13.5. The minimum atomic E-state index is -1.12. The van der Waals surface area contributed by atoms with Crippen LogP contribution in [-0.2, 0) is 16.0 Å². The van der Waals surface area contributed by atoms with Crippen LogP contribution in [0.15, 0.2) is 58.6 Å². The number of aromatic hydroxyl groups is 1. The molecule has 8 nitrogen and oxygen atoms in total. The van der Waals surface area contributed by atoms with Crippen LogP contribution in [0.3, 0.4) is 0 Å². The molecule has 0 spiro atoms. The number of carbonyl (C=O) groups is 2. The molecule has 198 valence electrons. The van der Waals surface area contributed by atoms with E-state index >= 15 is 0 Å². The lowest BCUT2D eigenvalue weighted by atomic mass is 9.94. The molecule has 4 aromatic rings. The normalized spacial score (nSPS) is 19.9. The number of thiazole rings is 1. The third-order valence-corrected chi connectivity index (χ3v) is 8.37. The molecule has 2 aliphatic heterocycles. The van der Waals surface area contributed by atoms with E-state index in [9.17, 15) is 24.2 Å². The SMILES string of the molecule is COc1cc([C@H]2C(=C(O)c3ccc4c(c3)C[C@H](C)O4)C(=O)C(=O)N2c2nc3ccc(F)cc3s2)cc(Br)c1O. The van der Waals surface area contributed by atoms with E-state index in [4.69, 9.17) is 9.47 Å². The molecule has 2 N–H and O–H groups in total. The number of methoxy groups -OCH3 is 1. The minimum absolute atomic E-state index is 0.0198. The molecule has 1 amide bonds. The van der Waals surface area contributed by atoms with Crippen molar-refractivity contribution >= 4 is 60.1 Å². The van der Waals surface area contributed by atoms with Crippen LogP contribution in [0, 0.1) is 5.82 Å². The van der Waals surface area contributed by atoms with Gasteiger partial charge in [0, 0.05) is 12.0 Å². The van der Waals surface area contributed by atoms with E-state index < -0.39 is 23.5 Å². The van der Waals surface area contributed by atoms with Gasteiger partial charge in [0.1, 0.15) is 23.4 Å². The summed E-state index contributed by atoms with van der Waals surface area (Å²) in [6.07, 6.45) is 0.618. The summed E-state index contributed by atoms with van der Waals surface area (Å²) < 4.78 is 25.7. The van der Waals surface area contributed by atoms with Gasteiger partial charge in [0.2, 0.25) is 0 Å². The van der Waals surface area contributed by atoms with Gasteiger partial charge in [-0.05, 0) is 82.5 Å². The van der Waals surface area contributed by atoms with E-state index in [-0.39, 0.29) is 38.5 Å². The smallest absolute Gasteiger partial charge is 0.301 e. The molecule has 0 saturated carbocycles. The molecule has 3 aromatic carbocycles. The molecule has 2 atom stereocenters. The average molecular weight is 611 g/mol. The molecule has 0 unspecified atom stereocenters. The highest BCUT2D eigenvalue weighted by molar-refractivity contribution is 9.10. The topological polar surface area (TPSA) is 109 Å². The van der Waals surface area contributed by atoms with Crippen molar-refractivity contribution < 1.29 is 33.7 Å². The fourth-order valence-corrected chi connectivity index (χ4v) is 6.44. The molecule has 0 bridgehead atoms. The Morgan fingerprint density at radius 1 is 1.21 bits per heavy atom. The van der Waals surface area contributed by atoms with E-state index in [2.05, 4.69) is 20.9 Å². The lowest BCUT2D eigenvalue weighted by Crippen LogP contribution is -2.29. The number of Topliss-reactive ketones (excluding diaryl/α,β-unsaturated/α-hetero) is 1. The maximum atomic E-state index is 13.9. The zero-order valence-corrected chi connectivity index (χ0v) is 23.0. The van der Waals surface area contributed by atoms with Crippen molar-refractivity contribution in [1.82, 2.24) is 4.98 Å². The Kier molecular flexibility index (Phi) is 6.07. The van der Waals surface area contributed by atoms with Crippen molar-refractivity contribution in [2.24, 2.45) is 0 Å². The van der Waals surface area contributed by atoms with Gasteiger partial charge in [-0.3, -0.25) is 14.5 Å². The van der Waals surface area contributed by atoms with Gasteiger partial charge >= 0.3 is 5.91 Å². The van der Waals surface area contributed by atoms with Gasteiger partial charge in [0.15, 0.2) is 16.6 Å². The predicted octanol–water partition coefficient (Wildman–Crippen LogP) is 5.86. The summed E-state index contributed by atoms with van der Waals surface area (Å²) in [6, 6.07) is 11.1. The Labute approximate surface area is 234 Å². The van der Waals surface area contributed by atoms with E-state index in [0.29, 0.717) is 33.5 Å². The number of nitrogens with zero attached hydrogens (tertiary/aromatic N) is 2. The molecule has 0 aliphatic carbocycles. The van der Waals surface area contributed by atoms with Crippen molar-refractivity contribution in [3.8, 4) is 17.2 Å². The van der Waals surface area contributed by atoms with E-state index in [1.54, 1.807) is 24.3 Å². The second-order valence-corrected chi connectivity index (χ2v) is 11.1. The summed E-state index contributed by atoms with van der Waals surface area (Å²) in [6.45, 7) is 1.94. The molecule has 3 heterocycles. The number of aliphatic hydroxyl groups is 1. The van der Waals surface area contributed by atoms with Crippen molar-refractivity contribution in [2.75, 3.05) is 12.0 Å². The van der Waals surface area contributed by atoms with Crippen molar-refractivity contribution in [2.45, 2.75) is 25.5 Å². The second kappa shape index (κ2) is 9.35. The lowest BCUT2D eigenvalue weighted by Gasteiger charge is -2.24. The van der Waals surface area contributed by atoms with E-state index in [0.717, 1.165) is 16.9 Å². The highest BCUT2D eigenvalue weighted by Gasteiger charge is 2.48. The molecular formula is C28H20BrFN2O6S. The first-order chi connectivity index (χ1) is 18.7. The number of carbonyl (C=O) groups excluding carboxylic acids is 2. The number of rotatable bonds is 4. The number of hydrogen-bond donors (Lipinski definition) is 2. The van der Waals surface area contributed by atoms with Crippen LogP contribution in [0.5, 0.6) is 17.2 Å². The number of ether oxygens (including phenoxy) is 2. The molecular weight excluding hydrogens is 591 g/mol. The number of ketones is 1. The van der Waals surface area contributed by atoms with Gasteiger partial charge in [-0.25, -0.2) is 9.37 Å². The largest absolute Gasteiger partial charge is 0.507 e. The summed E-state index contributed by atoms with van der Waals surface area (Å²) >= 11 is 4.35. The van der Waals surface area contributed by atoms with E-state index in [1.165, 1.54) is 36.3 Å². The Hall–Kier alpha value is -3.96. The average Bonchev–Trinajstić information content (AvgIpc) is 3.57. The third kappa shape index (κ3) is 4.12. The second-order valence-electron chi connectivity index (χ2n) is 9.29. The number of halogens is 2. The van der Waals surface area contributed by atoms with Crippen molar-refractivity contribution in [3.05, 3.63) is 81.1 Å². The Morgan fingerprint density at radius 3 is 2.77 bits per heavy atom. The summed E-state index contributed by atoms with van der Waals surface area (Å²) in [7, 11) is 1.37. The molecule has 1 fully saturated rings. The quantitative estimate of drug-likeness (QED) is 0.169. The molecule has 1 aromatic heterocycles. The van der Waals surface area contributed by atoms with Crippen LogP contribution in [-0.4, -0.2) is 40.1 Å². The fourth-order valence-electron chi connectivity index (χ4n) is 4.97. The Balaban J connectivity index is 1.57. The van der Waals surface area contributed by atoms with Crippen molar-refractivity contribution in [3.63, 3.8) is 0 Å². The number of amides is 1. The summed E-state index contributed by atoms with van der Waals surface area (Å²) in [5.74, 6) is -2.00. The minimum Gasteiger partial charge on any atom is -0.507 e. The number of anilines is 1. The van der Waals surface area contributed by atoms with Gasteiger partial charge in [0.05, 0.1) is 33.4 Å². The number of benzene rings is 3. The Morgan fingerprint density at radius 2 is 2.00 bits per heavy atom. The zero-order valence-electron chi connectivity index (χ0n) is 20.6. The maximum Gasteiger partial charge on any atom is 0.301 e. The van der Waals surface area contributed by atoms with Gasteiger partial charge in [-0.2, -0.15) is 0 Å². The first-order valence-electron chi connectivity index (χ1n) is 11.9. The summed E-state index contributed by atoms with van der Waals surface area (Å²) in [5.41, 5.74) is 1.90. The number of hydrogen-bond acceptors (Lipinski definition) is 8. The molecule has 11 heteroatoms. The van der Waals surface area contributed by atoms with Gasteiger partial charge in [0.25, 0.3) is 5.78 Å². The molecule has 39 heavy (non-hydrogen) atoms. The first kappa shape index (κ1) is 25.3. The Bertz CT molecular complexity index is 1730. The van der Waals surface area contributed by atoms with Crippen molar-refractivity contribution in [1.29, 1.82) is 0 Å². The van der Waals surface area contributed by atoms with Crippen LogP contribution in [0.1, 0.15) is 29.7 Å². The number of phenolic OH excluding ortho intramolecular Hbond substituents is 1. The lowest BCUT2D eigenvalue weighted by molar-refractivity contribution is -0.132. The molecule has 2 aliphatic rings. The van der Waals surface area contributed by atoms with Crippen LogP contribution in [0.4, 0.5) is 9.52 Å². The van der Waals surface area contributed by atoms with Crippen LogP contribution in [0.2, 0.25) is 0 Å². The number of aliphatic hydroxyl groups excluding tert-OH is 1. The third-order valence-electron chi connectivity index (χ3n) is 6.75. The fraction of sp³-hybridized carbons (Fsp3) is 0.179. The van der Waals surface area contributed by atoms with Crippen LogP contribution in [0.25, 0.3) is 16.0 Å². The molecule has 6 rings (SSSR count). The van der Waals surface area contributed by atoms with Crippen LogP contribution >= 0.6 is 27.3 Å². The summed E-state index contributed by atoms with van der Waals surface area (Å²) in [4.78, 5) is 32.7. The predicted molar refractivity (Wildman–Crippen MR) is 147 cm³/mol. The standard InChI is InChI=1S/C28H20BrFN2O6S/c1-12-7-14-8-13(3-6-19(14)38-12)24(33)22-23(15-9-17(29)25(34)20(10-15)37-2)32(27(36)26(22)35)28-31-18-5-4-16(30)11-21(18)39-28/h3-6,8-12,23,33-34H,7H2,1-2H3/t12-,23-/m0/s1.